The normalized spacial score (nSPS) is 10.5. The maximum absolute atomic E-state index is 12.6. The number of aromatic nitrogens is 2. The first-order valence-corrected chi connectivity index (χ1v) is 9.47. The smallest absolute Gasteiger partial charge is 0.253 e. The number of nitrogens with one attached hydrogen (secondary N) is 2. The lowest BCUT2D eigenvalue weighted by Gasteiger charge is -2.10. The van der Waals surface area contributed by atoms with E-state index >= 15 is 0 Å². The molecule has 0 radical (unpaired) electrons. The summed E-state index contributed by atoms with van der Waals surface area (Å²) in [5, 5.41) is 9.92. The molecule has 150 valence electrons. The van der Waals surface area contributed by atoms with E-state index < -0.39 is 0 Å². The molecule has 2 heterocycles. The van der Waals surface area contributed by atoms with E-state index in [0.29, 0.717) is 17.0 Å². The van der Waals surface area contributed by atoms with Crippen LogP contribution in [0.2, 0.25) is 0 Å². The molecular weight excluding hydrogens is 380 g/mol. The third-order valence-electron chi connectivity index (χ3n) is 4.47. The van der Waals surface area contributed by atoms with Crippen LogP contribution in [0.4, 0.5) is 5.69 Å². The summed E-state index contributed by atoms with van der Waals surface area (Å²) in [7, 11) is 0. The van der Waals surface area contributed by atoms with Crippen molar-refractivity contribution in [3.8, 4) is 5.69 Å². The number of amides is 2. The Bertz CT molecular complexity index is 1130. The summed E-state index contributed by atoms with van der Waals surface area (Å²) in [5.41, 5.74) is 2.53. The lowest BCUT2D eigenvalue weighted by molar-refractivity contribution is -0.115. The van der Waals surface area contributed by atoms with Crippen molar-refractivity contribution in [2.75, 3.05) is 5.32 Å². The van der Waals surface area contributed by atoms with Crippen LogP contribution in [-0.2, 0) is 17.8 Å². The van der Waals surface area contributed by atoms with E-state index in [-0.39, 0.29) is 24.8 Å². The number of benzene rings is 2. The summed E-state index contributed by atoms with van der Waals surface area (Å²) in [6.45, 7) is 0.271. The van der Waals surface area contributed by atoms with Gasteiger partial charge in [-0.05, 0) is 42.0 Å². The average molecular weight is 400 g/mol. The molecule has 0 aliphatic rings. The number of rotatable bonds is 7. The van der Waals surface area contributed by atoms with Gasteiger partial charge in [-0.2, -0.15) is 5.10 Å². The first-order valence-electron chi connectivity index (χ1n) is 9.47. The van der Waals surface area contributed by atoms with Crippen molar-refractivity contribution >= 4 is 17.5 Å². The Hall–Kier alpha value is -4.13. The highest BCUT2D eigenvalue weighted by Gasteiger charge is 2.14. The molecule has 4 rings (SSSR count). The number of hydrogen-bond acceptors (Lipinski definition) is 4. The summed E-state index contributed by atoms with van der Waals surface area (Å²) in [6.07, 6.45) is 5.18. The predicted octanol–water partition coefficient (Wildman–Crippen LogP) is 3.58. The molecule has 0 aliphatic heterocycles. The molecule has 4 aromatic rings. The molecule has 7 nitrogen and oxygen atoms in total. The minimum Gasteiger partial charge on any atom is -0.467 e. The van der Waals surface area contributed by atoms with E-state index in [4.69, 9.17) is 4.42 Å². The molecule has 0 spiro atoms. The molecule has 0 atom stereocenters. The Kier molecular flexibility index (Phi) is 5.70. The van der Waals surface area contributed by atoms with Crippen LogP contribution in [0.1, 0.15) is 21.7 Å². The van der Waals surface area contributed by atoms with Gasteiger partial charge in [0.25, 0.3) is 5.91 Å². The monoisotopic (exact) mass is 400 g/mol. The van der Waals surface area contributed by atoms with Crippen molar-refractivity contribution < 1.29 is 14.0 Å². The quantitative estimate of drug-likeness (QED) is 0.496. The maximum Gasteiger partial charge on any atom is 0.253 e. The van der Waals surface area contributed by atoms with E-state index in [1.165, 1.54) is 0 Å². The summed E-state index contributed by atoms with van der Waals surface area (Å²) in [4.78, 5) is 25.1. The van der Waals surface area contributed by atoms with E-state index in [0.717, 1.165) is 11.3 Å². The molecule has 0 aliphatic carbocycles. The molecule has 2 amide bonds. The second-order valence-corrected chi connectivity index (χ2v) is 6.66. The van der Waals surface area contributed by atoms with Gasteiger partial charge in [0, 0.05) is 6.20 Å². The van der Waals surface area contributed by atoms with Gasteiger partial charge < -0.3 is 15.1 Å². The highest BCUT2D eigenvalue weighted by molar-refractivity contribution is 6.04. The number of carbonyl (C=O) groups excluding carboxylic acids is 2. The Labute approximate surface area is 173 Å². The Morgan fingerprint density at radius 3 is 2.57 bits per heavy atom. The van der Waals surface area contributed by atoms with Crippen LogP contribution in [0.5, 0.6) is 0 Å². The van der Waals surface area contributed by atoms with Gasteiger partial charge >= 0.3 is 0 Å². The third kappa shape index (κ3) is 4.64. The molecule has 2 aromatic heterocycles. The fourth-order valence-electron chi connectivity index (χ4n) is 3.02. The summed E-state index contributed by atoms with van der Waals surface area (Å²) >= 11 is 0. The van der Waals surface area contributed by atoms with Crippen molar-refractivity contribution in [2.24, 2.45) is 0 Å². The first kappa shape index (κ1) is 19.2. The molecule has 0 fully saturated rings. The van der Waals surface area contributed by atoms with Crippen LogP contribution in [0, 0.1) is 0 Å². The van der Waals surface area contributed by atoms with Crippen molar-refractivity contribution in [1.29, 1.82) is 0 Å². The molecule has 0 saturated heterocycles. The number of para-hydroxylation sites is 2. The number of carbonyl (C=O) groups is 2. The van der Waals surface area contributed by atoms with E-state index in [2.05, 4.69) is 15.7 Å². The standard InChI is InChI=1S/C23H20N4O3/c28-22(13-17-14-25-27(16-17)18-7-2-1-3-8-18)26-21-11-5-4-10-20(21)23(29)24-15-19-9-6-12-30-19/h1-12,14,16H,13,15H2,(H,24,29)(H,26,28). The lowest BCUT2D eigenvalue weighted by atomic mass is 10.1. The van der Waals surface area contributed by atoms with Crippen molar-refractivity contribution in [3.05, 3.63) is 102 Å². The molecule has 0 unspecified atom stereocenters. The summed E-state index contributed by atoms with van der Waals surface area (Å²) in [5.74, 6) is 0.133. The van der Waals surface area contributed by atoms with Crippen LogP contribution in [-0.4, -0.2) is 21.6 Å². The topological polar surface area (TPSA) is 89.2 Å². The van der Waals surface area contributed by atoms with E-state index in [1.54, 1.807) is 53.5 Å². The van der Waals surface area contributed by atoms with Gasteiger partial charge in [-0.1, -0.05) is 30.3 Å². The third-order valence-corrected chi connectivity index (χ3v) is 4.47. The van der Waals surface area contributed by atoms with Gasteiger partial charge in [0.05, 0.1) is 42.4 Å². The van der Waals surface area contributed by atoms with Crippen LogP contribution < -0.4 is 10.6 Å². The van der Waals surface area contributed by atoms with Crippen molar-refractivity contribution in [1.82, 2.24) is 15.1 Å². The van der Waals surface area contributed by atoms with Crippen LogP contribution >= 0.6 is 0 Å². The maximum atomic E-state index is 12.6. The molecule has 0 bridgehead atoms. The van der Waals surface area contributed by atoms with Gasteiger partial charge in [0.2, 0.25) is 5.91 Å². The molecule has 2 aromatic carbocycles. The fraction of sp³-hybridized carbons (Fsp3) is 0.0870. The molecule has 30 heavy (non-hydrogen) atoms. The minimum atomic E-state index is -0.292. The SMILES string of the molecule is O=C(Cc1cnn(-c2ccccc2)c1)Nc1ccccc1C(=O)NCc1ccco1. The molecule has 0 saturated carbocycles. The number of furan rings is 1. The first-order chi connectivity index (χ1) is 14.7. The predicted molar refractivity (Wildman–Crippen MR) is 112 cm³/mol. The van der Waals surface area contributed by atoms with Crippen LogP contribution in [0.25, 0.3) is 5.69 Å². The van der Waals surface area contributed by atoms with Crippen LogP contribution in [0.15, 0.2) is 89.8 Å². The van der Waals surface area contributed by atoms with E-state index in [9.17, 15) is 9.59 Å². The van der Waals surface area contributed by atoms with E-state index in [1.807, 2.05) is 36.5 Å². The summed E-state index contributed by atoms with van der Waals surface area (Å²) < 4.78 is 6.94. The van der Waals surface area contributed by atoms with Gasteiger partial charge in [-0.3, -0.25) is 9.59 Å². The Balaban J connectivity index is 1.40. The number of nitrogens with zero attached hydrogens (tertiary/aromatic N) is 2. The molecule has 2 N–H and O–H groups in total. The zero-order valence-electron chi connectivity index (χ0n) is 16.1. The highest BCUT2D eigenvalue weighted by atomic mass is 16.3. The van der Waals surface area contributed by atoms with Crippen molar-refractivity contribution in [2.45, 2.75) is 13.0 Å². The van der Waals surface area contributed by atoms with Crippen LogP contribution in [0.3, 0.4) is 0 Å². The Morgan fingerprint density at radius 1 is 0.967 bits per heavy atom. The Morgan fingerprint density at radius 2 is 1.77 bits per heavy atom. The second-order valence-electron chi connectivity index (χ2n) is 6.66. The fourth-order valence-corrected chi connectivity index (χ4v) is 3.02. The largest absolute Gasteiger partial charge is 0.467 e. The summed E-state index contributed by atoms with van der Waals surface area (Å²) in [6, 6.07) is 20.1. The number of hydrogen-bond donors (Lipinski definition) is 2. The number of anilines is 1. The van der Waals surface area contributed by atoms with Gasteiger partial charge in [0.15, 0.2) is 0 Å². The minimum absolute atomic E-state index is 0.148. The second kappa shape index (κ2) is 8.91. The molecular formula is C23H20N4O3. The lowest BCUT2D eigenvalue weighted by Crippen LogP contribution is -2.25. The zero-order chi connectivity index (χ0) is 20.8. The molecule has 7 heteroatoms. The van der Waals surface area contributed by atoms with Crippen molar-refractivity contribution in [3.63, 3.8) is 0 Å². The van der Waals surface area contributed by atoms with Gasteiger partial charge in [0.1, 0.15) is 5.76 Å². The van der Waals surface area contributed by atoms with Gasteiger partial charge in [-0.25, -0.2) is 4.68 Å². The highest BCUT2D eigenvalue weighted by Crippen LogP contribution is 2.16. The average Bonchev–Trinajstić information content (AvgIpc) is 3.45. The van der Waals surface area contributed by atoms with Gasteiger partial charge in [-0.15, -0.1) is 0 Å². The zero-order valence-corrected chi connectivity index (χ0v) is 16.1.